The fourth-order valence-corrected chi connectivity index (χ4v) is 9.81. The van der Waals surface area contributed by atoms with Crippen molar-refractivity contribution in [2.45, 2.75) is 0 Å². The molecule has 0 N–H and O–H groups in total. The van der Waals surface area contributed by atoms with Gasteiger partial charge in [-0.15, -0.1) is 11.3 Å². The highest BCUT2D eigenvalue weighted by atomic mass is 32.1. The first-order valence-corrected chi connectivity index (χ1v) is 20.1. The second kappa shape index (κ2) is 12.6. The van der Waals surface area contributed by atoms with E-state index in [1.807, 2.05) is 6.07 Å². The average Bonchev–Trinajstić information content (AvgIpc) is 3.96. The summed E-state index contributed by atoms with van der Waals surface area (Å²) in [5.41, 5.74) is 11.2. The molecule has 0 saturated heterocycles. The highest BCUT2D eigenvalue weighted by Crippen LogP contribution is 2.44. The van der Waals surface area contributed by atoms with Crippen LogP contribution in [0.2, 0.25) is 0 Å². The maximum atomic E-state index is 5.45. The van der Waals surface area contributed by atoms with Gasteiger partial charge in [0.25, 0.3) is 0 Å². The molecule has 12 aromatic rings. The second-order valence-electron chi connectivity index (χ2n) is 14.6. The SMILES string of the molecule is c1ccc(-c2nc(-n3c4ccc(-c5cccc6c7ccccc7n(-c7ccccc7)c56)cc4c4cc5ccccc5cc43)c3sc(-c4ccccc4)cc3n2)cc1. The summed E-state index contributed by atoms with van der Waals surface area (Å²) >= 11 is 1.75. The van der Waals surface area contributed by atoms with Crippen LogP contribution in [-0.2, 0) is 0 Å². The second-order valence-corrected chi connectivity index (χ2v) is 15.7. The molecule has 0 fully saturated rings. The third kappa shape index (κ3) is 4.99. The Morgan fingerprint density at radius 3 is 1.86 bits per heavy atom. The van der Waals surface area contributed by atoms with E-state index in [2.05, 4.69) is 197 Å². The molecule has 0 bridgehead atoms. The zero-order chi connectivity index (χ0) is 37.5. The number of rotatable bonds is 5. The smallest absolute Gasteiger partial charge is 0.162 e. The number of aromatic nitrogens is 4. The molecule has 0 amide bonds. The van der Waals surface area contributed by atoms with Gasteiger partial charge >= 0.3 is 0 Å². The first-order valence-electron chi connectivity index (χ1n) is 19.2. The third-order valence-electron chi connectivity index (χ3n) is 11.3. The quantitative estimate of drug-likeness (QED) is 0.176. The molecule has 8 aromatic carbocycles. The van der Waals surface area contributed by atoms with Crippen molar-refractivity contribution in [1.29, 1.82) is 0 Å². The molecule has 0 spiro atoms. The van der Waals surface area contributed by atoms with Crippen LogP contribution in [0.25, 0.3) is 109 Å². The zero-order valence-electron chi connectivity index (χ0n) is 30.7. The fourth-order valence-electron chi connectivity index (χ4n) is 8.73. The Balaban J connectivity index is 1.17. The van der Waals surface area contributed by atoms with Gasteiger partial charge in [0, 0.05) is 43.2 Å². The fraction of sp³-hybridized carbons (Fsp3) is 0. The van der Waals surface area contributed by atoms with Crippen LogP contribution in [0.5, 0.6) is 0 Å². The minimum atomic E-state index is 0.711. The van der Waals surface area contributed by atoms with Gasteiger partial charge in [-0.05, 0) is 70.4 Å². The highest BCUT2D eigenvalue weighted by molar-refractivity contribution is 7.22. The van der Waals surface area contributed by atoms with Gasteiger partial charge in [0.15, 0.2) is 11.6 Å². The van der Waals surface area contributed by atoms with E-state index in [4.69, 9.17) is 9.97 Å². The zero-order valence-corrected chi connectivity index (χ0v) is 31.5. The number of thiophene rings is 1. The molecule has 0 aliphatic heterocycles. The topological polar surface area (TPSA) is 35.6 Å². The maximum Gasteiger partial charge on any atom is 0.162 e. The summed E-state index contributed by atoms with van der Waals surface area (Å²) in [4.78, 5) is 11.8. The normalized spacial score (nSPS) is 11.9. The van der Waals surface area contributed by atoms with Crippen LogP contribution in [0.4, 0.5) is 0 Å². The first kappa shape index (κ1) is 32.0. The van der Waals surface area contributed by atoms with Crippen molar-refractivity contribution in [1.82, 2.24) is 19.1 Å². The van der Waals surface area contributed by atoms with Crippen LogP contribution in [0.1, 0.15) is 0 Å². The first-order chi connectivity index (χ1) is 28.3. The lowest BCUT2D eigenvalue weighted by Crippen LogP contribution is -2.01. The Morgan fingerprint density at radius 2 is 1.05 bits per heavy atom. The van der Waals surface area contributed by atoms with Gasteiger partial charge in [0.2, 0.25) is 0 Å². The van der Waals surface area contributed by atoms with Crippen LogP contribution >= 0.6 is 11.3 Å². The van der Waals surface area contributed by atoms with Gasteiger partial charge in [-0.2, -0.15) is 0 Å². The molecule has 0 saturated carbocycles. The Hall–Kier alpha value is -7.34. The van der Waals surface area contributed by atoms with E-state index in [-0.39, 0.29) is 0 Å². The standard InChI is InChI=1S/C52H32N4S/c1-4-15-33(16-5-1)48-32-44-50(57-48)52(54-51(53-44)34-17-6-2-7-18-34)56-46-28-27-37(30-42(46)43-29-35-19-10-11-20-36(35)31-47(43)56)39-24-14-25-41-40-23-12-13-26-45(40)55(49(39)41)38-21-8-3-9-22-38/h1-32H. The summed E-state index contributed by atoms with van der Waals surface area (Å²) in [7, 11) is 0. The molecule has 12 rings (SSSR count). The predicted molar refractivity (Wildman–Crippen MR) is 240 cm³/mol. The number of fused-ring (bicyclic) bond motifs is 8. The number of para-hydroxylation sites is 3. The highest BCUT2D eigenvalue weighted by Gasteiger charge is 2.22. The van der Waals surface area contributed by atoms with E-state index in [1.165, 1.54) is 64.9 Å². The van der Waals surface area contributed by atoms with Gasteiger partial charge in [-0.1, -0.05) is 146 Å². The summed E-state index contributed by atoms with van der Waals surface area (Å²) in [5, 5.41) is 7.26. The minimum absolute atomic E-state index is 0.711. The minimum Gasteiger partial charge on any atom is -0.309 e. The maximum absolute atomic E-state index is 5.45. The number of hydrogen-bond donors (Lipinski definition) is 0. The van der Waals surface area contributed by atoms with Crippen molar-refractivity contribution in [3.8, 4) is 44.5 Å². The van der Waals surface area contributed by atoms with Crippen LogP contribution < -0.4 is 0 Å². The third-order valence-corrected chi connectivity index (χ3v) is 12.5. The van der Waals surface area contributed by atoms with E-state index in [1.54, 1.807) is 11.3 Å². The van der Waals surface area contributed by atoms with Gasteiger partial charge in [0.1, 0.15) is 0 Å². The van der Waals surface area contributed by atoms with Gasteiger partial charge in [-0.25, -0.2) is 9.97 Å². The van der Waals surface area contributed by atoms with Gasteiger partial charge < -0.3 is 4.57 Å². The van der Waals surface area contributed by atoms with Crippen molar-refractivity contribution < 1.29 is 0 Å². The Labute approximate surface area is 332 Å². The lowest BCUT2D eigenvalue weighted by molar-refractivity contribution is 1.08. The number of nitrogens with zero attached hydrogens (tertiary/aromatic N) is 4. The van der Waals surface area contributed by atoms with Crippen molar-refractivity contribution in [3.05, 3.63) is 194 Å². The number of benzene rings is 8. The van der Waals surface area contributed by atoms with E-state index >= 15 is 0 Å². The lowest BCUT2D eigenvalue weighted by Gasteiger charge is -2.13. The van der Waals surface area contributed by atoms with Crippen LogP contribution in [0.15, 0.2) is 194 Å². The van der Waals surface area contributed by atoms with E-state index in [0.29, 0.717) is 5.82 Å². The summed E-state index contributed by atoms with van der Waals surface area (Å²) in [6.45, 7) is 0. The molecule has 4 aromatic heterocycles. The van der Waals surface area contributed by atoms with Crippen LogP contribution in [0, 0.1) is 0 Å². The van der Waals surface area contributed by atoms with E-state index in [0.717, 1.165) is 38.3 Å². The molecule has 0 aliphatic rings. The Bertz CT molecular complexity index is 3510. The molecule has 4 nitrogen and oxygen atoms in total. The molecular weight excluding hydrogens is 713 g/mol. The summed E-state index contributed by atoms with van der Waals surface area (Å²) in [5.74, 6) is 1.60. The van der Waals surface area contributed by atoms with Crippen LogP contribution in [-0.4, -0.2) is 19.1 Å². The molecule has 0 atom stereocenters. The molecule has 0 radical (unpaired) electrons. The monoisotopic (exact) mass is 744 g/mol. The molecular formula is C52H32N4S. The summed E-state index contributed by atoms with van der Waals surface area (Å²) in [6, 6.07) is 69.7. The van der Waals surface area contributed by atoms with E-state index < -0.39 is 0 Å². The van der Waals surface area contributed by atoms with Crippen molar-refractivity contribution >= 4 is 75.9 Å². The van der Waals surface area contributed by atoms with Crippen molar-refractivity contribution in [2.24, 2.45) is 0 Å². The van der Waals surface area contributed by atoms with Crippen molar-refractivity contribution in [2.75, 3.05) is 0 Å². The van der Waals surface area contributed by atoms with Gasteiger partial charge in [0.05, 0.1) is 32.3 Å². The molecule has 5 heteroatoms. The van der Waals surface area contributed by atoms with E-state index in [9.17, 15) is 0 Å². The lowest BCUT2D eigenvalue weighted by atomic mass is 9.99. The summed E-state index contributed by atoms with van der Waals surface area (Å²) in [6.07, 6.45) is 0. The molecule has 266 valence electrons. The van der Waals surface area contributed by atoms with Crippen molar-refractivity contribution in [3.63, 3.8) is 0 Å². The number of hydrogen-bond acceptors (Lipinski definition) is 3. The molecule has 4 heterocycles. The Kier molecular flexibility index (Phi) is 7.06. The summed E-state index contributed by atoms with van der Waals surface area (Å²) < 4.78 is 5.86. The molecule has 0 unspecified atom stereocenters. The Morgan fingerprint density at radius 1 is 0.404 bits per heavy atom. The predicted octanol–water partition coefficient (Wildman–Crippen LogP) is 14.0. The largest absolute Gasteiger partial charge is 0.309 e. The molecule has 57 heavy (non-hydrogen) atoms. The van der Waals surface area contributed by atoms with Gasteiger partial charge in [-0.3, -0.25) is 4.57 Å². The average molecular weight is 745 g/mol. The molecule has 0 aliphatic carbocycles. The van der Waals surface area contributed by atoms with Crippen LogP contribution in [0.3, 0.4) is 0 Å².